The maximum atomic E-state index is 4.08. The van der Waals surface area contributed by atoms with Crippen LogP contribution in [0.25, 0.3) is 0 Å². The van der Waals surface area contributed by atoms with E-state index < -0.39 is 8.07 Å². The molecule has 0 spiro atoms. The Morgan fingerprint density at radius 2 is 1.07 bits per heavy atom. The Balaban J connectivity index is 4.81. The number of hydrogen-bond acceptors (Lipinski definition) is 0. The van der Waals surface area contributed by atoms with E-state index in [0.29, 0.717) is 0 Å². The van der Waals surface area contributed by atoms with Crippen LogP contribution in [-0.2, 0) is 0 Å². The third-order valence-electron chi connectivity index (χ3n) is 2.78. The summed E-state index contributed by atoms with van der Waals surface area (Å²) in [7, 11) is -1.26. The van der Waals surface area contributed by atoms with Gasteiger partial charge < -0.3 is 0 Å². The Morgan fingerprint density at radius 3 is 1.20 bits per heavy atom. The van der Waals surface area contributed by atoms with Gasteiger partial charge in [0.05, 0.1) is 8.07 Å². The van der Waals surface area contributed by atoms with Crippen LogP contribution in [0.4, 0.5) is 0 Å². The lowest BCUT2D eigenvalue weighted by Crippen LogP contribution is -2.33. The molecule has 0 aromatic heterocycles. The molecule has 0 aromatic rings. The first-order valence-corrected chi connectivity index (χ1v) is 8.57. The lowest BCUT2D eigenvalue weighted by molar-refractivity contribution is 1.13. The SMILES string of the molecule is C=C(C)C[Si](CC)(CC(=C)C)CC(=C)C. The Hall–Kier alpha value is -0.563. The largest absolute Gasteiger partial charge is 0.100 e. The highest BCUT2D eigenvalue weighted by Gasteiger charge is 2.30. The van der Waals surface area contributed by atoms with Crippen LogP contribution in [0.3, 0.4) is 0 Å². The van der Waals surface area contributed by atoms with E-state index in [9.17, 15) is 0 Å². The molecule has 0 atom stereocenters. The molecule has 0 saturated heterocycles. The van der Waals surface area contributed by atoms with Crippen LogP contribution in [0.1, 0.15) is 27.7 Å². The Kier molecular flexibility index (Phi) is 5.88. The third kappa shape index (κ3) is 5.78. The molecule has 0 fully saturated rings. The highest BCUT2D eigenvalue weighted by molar-refractivity contribution is 6.81. The second kappa shape index (κ2) is 6.11. The molecule has 0 amide bonds. The first kappa shape index (κ1) is 14.4. The van der Waals surface area contributed by atoms with E-state index in [1.165, 1.54) is 40.9 Å². The van der Waals surface area contributed by atoms with Crippen LogP contribution in [0.2, 0.25) is 24.2 Å². The summed E-state index contributed by atoms with van der Waals surface area (Å²) < 4.78 is 0. The first-order chi connectivity index (χ1) is 6.81. The molecule has 0 rings (SSSR count). The highest BCUT2D eigenvalue weighted by atomic mass is 28.3. The summed E-state index contributed by atoms with van der Waals surface area (Å²) in [5, 5.41) is 0. The molecule has 0 aliphatic rings. The molecule has 0 N–H and O–H groups in total. The topological polar surface area (TPSA) is 0 Å². The van der Waals surface area contributed by atoms with Crippen molar-refractivity contribution in [1.82, 2.24) is 0 Å². The summed E-state index contributed by atoms with van der Waals surface area (Å²) >= 11 is 0. The van der Waals surface area contributed by atoms with E-state index in [2.05, 4.69) is 47.4 Å². The van der Waals surface area contributed by atoms with E-state index in [0.717, 1.165) is 0 Å². The smallest absolute Gasteiger partial charge is 0.0653 e. The summed E-state index contributed by atoms with van der Waals surface area (Å²) in [5.74, 6) is 0. The second-order valence-electron chi connectivity index (χ2n) is 5.26. The van der Waals surface area contributed by atoms with Crippen LogP contribution in [0, 0.1) is 0 Å². The van der Waals surface area contributed by atoms with Gasteiger partial charge in [-0.05, 0) is 38.9 Å². The summed E-state index contributed by atoms with van der Waals surface area (Å²) in [6, 6.07) is 4.98. The zero-order chi connectivity index (χ0) is 12.1. The summed E-state index contributed by atoms with van der Waals surface area (Å²) in [5.41, 5.74) is 3.98. The van der Waals surface area contributed by atoms with E-state index in [-0.39, 0.29) is 0 Å². The lowest BCUT2D eigenvalue weighted by Gasteiger charge is -2.31. The third-order valence-corrected chi connectivity index (χ3v) is 8.34. The van der Waals surface area contributed by atoms with Gasteiger partial charge in [0.15, 0.2) is 0 Å². The van der Waals surface area contributed by atoms with E-state index in [1.54, 1.807) is 0 Å². The minimum absolute atomic E-state index is 1.23. The van der Waals surface area contributed by atoms with Gasteiger partial charge in [0.1, 0.15) is 0 Å². The molecule has 0 bridgehead atoms. The number of rotatable bonds is 7. The van der Waals surface area contributed by atoms with Crippen molar-refractivity contribution < 1.29 is 0 Å². The van der Waals surface area contributed by atoms with Gasteiger partial charge in [-0.1, -0.05) is 29.7 Å². The molecule has 15 heavy (non-hydrogen) atoms. The van der Waals surface area contributed by atoms with Crippen LogP contribution in [-0.4, -0.2) is 8.07 Å². The zero-order valence-corrected chi connectivity index (χ0v) is 11.9. The Bertz CT molecular complexity index is 220. The average molecular weight is 222 g/mol. The van der Waals surface area contributed by atoms with Crippen LogP contribution in [0.15, 0.2) is 36.5 Å². The van der Waals surface area contributed by atoms with Gasteiger partial charge in [-0.3, -0.25) is 0 Å². The average Bonchev–Trinajstić information content (AvgIpc) is 1.99. The van der Waals surface area contributed by atoms with Crippen molar-refractivity contribution in [1.29, 1.82) is 0 Å². The van der Waals surface area contributed by atoms with Gasteiger partial charge in [-0.2, -0.15) is 0 Å². The van der Waals surface area contributed by atoms with Crippen molar-refractivity contribution in [2.24, 2.45) is 0 Å². The van der Waals surface area contributed by atoms with Crippen molar-refractivity contribution in [3.8, 4) is 0 Å². The van der Waals surface area contributed by atoms with Crippen LogP contribution >= 0.6 is 0 Å². The number of allylic oxidation sites excluding steroid dienone is 3. The Labute approximate surface area is 96.8 Å². The summed E-state index contributed by atoms with van der Waals surface area (Å²) in [6.45, 7) is 21.0. The normalized spacial score (nSPS) is 11.2. The molecule has 0 unspecified atom stereocenters. The summed E-state index contributed by atoms with van der Waals surface area (Å²) in [6.07, 6.45) is 0. The molecule has 0 saturated carbocycles. The number of hydrogen-bond donors (Lipinski definition) is 0. The minimum atomic E-state index is -1.26. The van der Waals surface area contributed by atoms with Crippen molar-refractivity contribution in [2.75, 3.05) is 0 Å². The molecule has 0 heterocycles. The van der Waals surface area contributed by atoms with Gasteiger partial charge in [0.2, 0.25) is 0 Å². The van der Waals surface area contributed by atoms with Gasteiger partial charge in [-0.15, -0.1) is 19.7 Å². The molecule has 86 valence electrons. The van der Waals surface area contributed by atoms with Gasteiger partial charge in [-0.25, -0.2) is 0 Å². The molecule has 0 aromatic carbocycles. The van der Waals surface area contributed by atoms with E-state index >= 15 is 0 Å². The zero-order valence-electron chi connectivity index (χ0n) is 10.9. The van der Waals surface area contributed by atoms with Crippen molar-refractivity contribution >= 4 is 8.07 Å². The standard InChI is InChI=1S/C14H26Si/c1-8-15(9-12(2)3,10-13(4)5)11-14(6)7/h2,4,6,8-11H2,1,3,5,7H3. The fourth-order valence-corrected chi connectivity index (χ4v) is 7.45. The quantitative estimate of drug-likeness (QED) is 0.411. The lowest BCUT2D eigenvalue weighted by atomic mass is 10.4. The van der Waals surface area contributed by atoms with Gasteiger partial charge in [0.25, 0.3) is 0 Å². The molecule has 1 heteroatoms. The second-order valence-corrected chi connectivity index (χ2v) is 10.0. The van der Waals surface area contributed by atoms with Crippen molar-refractivity contribution in [3.05, 3.63) is 36.5 Å². The highest BCUT2D eigenvalue weighted by Crippen LogP contribution is 2.33. The molecule has 0 aliphatic heterocycles. The van der Waals surface area contributed by atoms with Gasteiger partial charge in [0, 0.05) is 0 Å². The fourth-order valence-electron chi connectivity index (χ4n) is 2.48. The van der Waals surface area contributed by atoms with E-state index in [4.69, 9.17) is 0 Å². The van der Waals surface area contributed by atoms with Crippen molar-refractivity contribution in [3.63, 3.8) is 0 Å². The fraction of sp³-hybridized carbons (Fsp3) is 0.571. The minimum Gasteiger partial charge on any atom is -0.100 e. The van der Waals surface area contributed by atoms with Crippen molar-refractivity contribution in [2.45, 2.75) is 51.9 Å². The Morgan fingerprint density at radius 1 is 0.800 bits per heavy atom. The molecule has 0 nitrogen and oxygen atoms in total. The molecule has 0 radical (unpaired) electrons. The molecule has 0 aliphatic carbocycles. The van der Waals surface area contributed by atoms with Gasteiger partial charge >= 0.3 is 0 Å². The van der Waals surface area contributed by atoms with Crippen LogP contribution in [0.5, 0.6) is 0 Å². The predicted molar refractivity (Wildman–Crippen MR) is 75.1 cm³/mol. The summed E-state index contributed by atoms with van der Waals surface area (Å²) in [4.78, 5) is 0. The monoisotopic (exact) mass is 222 g/mol. The first-order valence-electron chi connectivity index (χ1n) is 5.74. The van der Waals surface area contributed by atoms with E-state index in [1.807, 2.05) is 0 Å². The maximum absolute atomic E-state index is 4.08. The molecular formula is C14H26Si. The predicted octanol–water partition coefficient (Wildman–Crippen LogP) is 5.18. The van der Waals surface area contributed by atoms with Crippen LogP contribution < -0.4 is 0 Å². The maximum Gasteiger partial charge on any atom is 0.0653 e. The molecular weight excluding hydrogens is 196 g/mol.